The van der Waals surface area contributed by atoms with Gasteiger partial charge >= 0.3 is 0 Å². The third kappa shape index (κ3) is 4.42. The Balaban J connectivity index is 1.76. The summed E-state index contributed by atoms with van der Waals surface area (Å²) in [5, 5.41) is 7.43. The van der Waals surface area contributed by atoms with Crippen LogP contribution in [0.2, 0.25) is 0 Å². The van der Waals surface area contributed by atoms with Crippen LogP contribution in [0.25, 0.3) is 16.9 Å². The van der Waals surface area contributed by atoms with Crippen LogP contribution in [-0.4, -0.2) is 31.2 Å². The molecule has 12 heteroatoms. The Morgan fingerprint density at radius 2 is 1.82 bits per heavy atom. The molecule has 170 valence electrons. The van der Waals surface area contributed by atoms with Gasteiger partial charge in [-0.2, -0.15) is 19.7 Å². The molecule has 1 amide bonds. The minimum absolute atomic E-state index is 0.0487. The van der Waals surface area contributed by atoms with Crippen molar-refractivity contribution in [2.45, 2.75) is 13.0 Å². The summed E-state index contributed by atoms with van der Waals surface area (Å²) in [6, 6.07) is 8.39. The number of thioether (sulfide) groups is 1. The number of halogens is 3. The van der Waals surface area contributed by atoms with Gasteiger partial charge in [0.25, 0.3) is 11.2 Å². The third-order valence-electron chi connectivity index (χ3n) is 4.93. The number of fused-ring (bicyclic) bond motifs is 1. The van der Waals surface area contributed by atoms with Crippen molar-refractivity contribution in [1.82, 2.24) is 25.1 Å². The molecule has 2 aromatic carbocycles. The van der Waals surface area contributed by atoms with Gasteiger partial charge in [0.05, 0.1) is 23.3 Å². The molecule has 8 nitrogen and oxygen atoms in total. The average molecular weight is 473 g/mol. The fourth-order valence-electron chi connectivity index (χ4n) is 3.35. The number of anilines is 2. The first-order valence-corrected chi connectivity index (χ1v) is 10.8. The Morgan fingerprint density at radius 3 is 2.52 bits per heavy atom. The molecule has 0 unspecified atom stereocenters. The number of amides is 1. The average Bonchev–Trinajstić information content (AvgIpc) is 3.14. The molecule has 2 aromatic heterocycles. The van der Waals surface area contributed by atoms with Crippen molar-refractivity contribution in [3.8, 4) is 5.95 Å². The number of aromatic nitrogens is 4. The molecule has 5 N–H and O–H groups in total. The Bertz CT molecular complexity index is 1350. The zero-order valence-corrected chi connectivity index (χ0v) is 18.1. The normalized spacial score (nSPS) is 11.2. The second kappa shape index (κ2) is 8.98. The Hall–Kier alpha value is -3.80. The summed E-state index contributed by atoms with van der Waals surface area (Å²) in [7, 11) is 0. The molecule has 0 aliphatic carbocycles. The molecular weight excluding hydrogens is 455 g/mol. The lowest BCUT2D eigenvalue weighted by atomic mass is 10.1. The molecule has 0 saturated carbocycles. The maximum Gasteiger partial charge on any atom is 0.279 e. The number of nitrogens with two attached hydrogens (primary N) is 2. The predicted octanol–water partition coefficient (Wildman–Crippen LogP) is 3.56. The van der Waals surface area contributed by atoms with Crippen LogP contribution in [0.1, 0.15) is 16.8 Å². The third-order valence-corrected chi connectivity index (χ3v) is 5.45. The van der Waals surface area contributed by atoms with Crippen molar-refractivity contribution in [2.24, 2.45) is 0 Å². The Morgan fingerprint density at radius 1 is 1.12 bits per heavy atom. The molecule has 0 bridgehead atoms. The van der Waals surface area contributed by atoms with Crippen LogP contribution in [0.15, 0.2) is 36.4 Å². The molecular formula is C21H18F3N7OS. The van der Waals surface area contributed by atoms with Crippen molar-refractivity contribution in [3.05, 3.63) is 70.7 Å². The molecule has 2 heterocycles. The molecule has 33 heavy (non-hydrogen) atoms. The van der Waals surface area contributed by atoms with Crippen molar-refractivity contribution in [3.63, 3.8) is 0 Å². The van der Waals surface area contributed by atoms with Gasteiger partial charge in [-0.3, -0.25) is 4.79 Å². The number of benzene rings is 2. The number of hydrogen-bond donors (Lipinski definition) is 3. The van der Waals surface area contributed by atoms with Gasteiger partial charge in [-0.25, -0.2) is 13.2 Å². The molecule has 0 aliphatic heterocycles. The smallest absolute Gasteiger partial charge is 0.279 e. The van der Waals surface area contributed by atoms with Crippen molar-refractivity contribution >= 4 is 39.5 Å². The zero-order valence-electron chi connectivity index (χ0n) is 17.3. The number of hydrogen-bond acceptors (Lipinski definition) is 7. The summed E-state index contributed by atoms with van der Waals surface area (Å²) in [6.07, 6.45) is 1.46. The van der Waals surface area contributed by atoms with Crippen LogP contribution in [-0.2, 0) is 13.0 Å². The van der Waals surface area contributed by atoms with E-state index in [1.165, 1.54) is 4.68 Å². The zero-order chi connectivity index (χ0) is 23.7. The van der Waals surface area contributed by atoms with Crippen LogP contribution >= 0.6 is 11.8 Å². The highest BCUT2D eigenvalue weighted by Crippen LogP contribution is 2.26. The predicted molar refractivity (Wildman–Crippen MR) is 120 cm³/mol. The van der Waals surface area contributed by atoms with Crippen LogP contribution in [0.3, 0.4) is 0 Å². The number of nitrogens with zero attached hydrogens (tertiary/aromatic N) is 4. The van der Waals surface area contributed by atoms with Gasteiger partial charge < -0.3 is 16.8 Å². The lowest BCUT2D eigenvalue weighted by Crippen LogP contribution is -2.21. The van der Waals surface area contributed by atoms with Crippen LogP contribution < -0.4 is 16.8 Å². The van der Waals surface area contributed by atoms with E-state index in [1.807, 2.05) is 0 Å². The number of rotatable bonds is 5. The van der Waals surface area contributed by atoms with Crippen LogP contribution in [0.5, 0.6) is 0 Å². The number of nitrogens with one attached hydrogen (secondary N) is 1. The van der Waals surface area contributed by atoms with Crippen molar-refractivity contribution in [2.75, 3.05) is 17.7 Å². The van der Waals surface area contributed by atoms with Crippen LogP contribution in [0.4, 0.5) is 29.6 Å². The maximum absolute atomic E-state index is 14.2. The van der Waals surface area contributed by atoms with Gasteiger partial charge in [0.1, 0.15) is 17.5 Å². The molecule has 4 rings (SSSR count). The standard InChI is InChI=1S/C21H18F3N7OS/c1-33-21(32)27-9-13-18(25)28-20(29-19(13)26)31-16-5-3-2-4-12(16)15(30-31)7-10-6-11(22)8-14(23)17(10)24/h2-6,8H,7,9H2,1H3,(H,27,32)(H4,25,26,28,29). The lowest BCUT2D eigenvalue weighted by molar-refractivity contribution is 0.260. The van der Waals surface area contributed by atoms with E-state index < -0.39 is 17.5 Å². The van der Waals surface area contributed by atoms with Crippen LogP contribution in [0, 0.1) is 17.5 Å². The highest BCUT2D eigenvalue weighted by molar-refractivity contribution is 8.12. The molecule has 0 saturated heterocycles. The van der Waals surface area contributed by atoms with Gasteiger partial charge in [0, 0.05) is 17.9 Å². The summed E-state index contributed by atoms with van der Waals surface area (Å²) in [5.74, 6) is -3.14. The first-order chi connectivity index (χ1) is 15.8. The van der Waals surface area contributed by atoms with E-state index in [9.17, 15) is 18.0 Å². The highest BCUT2D eigenvalue weighted by atomic mass is 32.2. The number of nitrogen functional groups attached to an aromatic ring is 2. The molecule has 0 aliphatic rings. The van der Waals surface area contributed by atoms with E-state index in [0.29, 0.717) is 28.2 Å². The topological polar surface area (TPSA) is 125 Å². The summed E-state index contributed by atoms with van der Waals surface area (Å²) < 4.78 is 42.9. The fourth-order valence-corrected chi connectivity index (χ4v) is 3.56. The first kappa shape index (κ1) is 22.4. The largest absolute Gasteiger partial charge is 0.383 e. The van der Waals surface area contributed by atoms with E-state index >= 15 is 0 Å². The number of carbonyl (C=O) groups is 1. The maximum atomic E-state index is 14.2. The van der Waals surface area contributed by atoms with E-state index in [0.717, 1.165) is 17.8 Å². The Labute approximate surface area is 190 Å². The summed E-state index contributed by atoms with van der Waals surface area (Å²) in [4.78, 5) is 20.0. The molecule has 0 fully saturated rings. The monoisotopic (exact) mass is 473 g/mol. The second-order valence-corrected chi connectivity index (χ2v) is 7.81. The quantitative estimate of drug-likeness (QED) is 0.379. The van der Waals surface area contributed by atoms with Crippen molar-refractivity contribution < 1.29 is 18.0 Å². The van der Waals surface area contributed by atoms with E-state index in [1.54, 1.807) is 30.5 Å². The second-order valence-electron chi connectivity index (χ2n) is 7.03. The van der Waals surface area contributed by atoms with Gasteiger partial charge in [-0.1, -0.05) is 30.0 Å². The number of para-hydroxylation sites is 1. The number of carbonyl (C=O) groups excluding carboxylic acids is 1. The van der Waals surface area contributed by atoms with Gasteiger partial charge in [-0.15, -0.1) is 0 Å². The van der Waals surface area contributed by atoms with E-state index in [-0.39, 0.29) is 41.4 Å². The summed E-state index contributed by atoms with van der Waals surface area (Å²) >= 11 is 1.00. The minimum atomic E-state index is -1.28. The Kier molecular flexibility index (Phi) is 6.09. The molecule has 0 radical (unpaired) electrons. The first-order valence-electron chi connectivity index (χ1n) is 9.62. The fraction of sp³-hybridized carbons (Fsp3) is 0.143. The molecule has 0 spiro atoms. The summed E-state index contributed by atoms with van der Waals surface area (Å²) in [5.41, 5.74) is 13.2. The van der Waals surface area contributed by atoms with E-state index in [4.69, 9.17) is 11.5 Å². The lowest BCUT2D eigenvalue weighted by Gasteiger charge is -2.11. The van der Waals surface area contributed by atoms with Crippen molar-refractivity contribution in [1.29, 1.82) is 0 Å². The van der Waals surface area contributed by atoms with Gasteiger partial charge in [0.15, 0.2) is 11.6 Å². The molecule has 4 aromatic rings. The van der Waals surface area contributed by atoms with E-state index in [2.05, 4.69) is 20.4 Å². The summed E-state index contributed by atoms with van der Waals surface area (Å²) in [6.45, 7) is 0.0487. The highest BCUT2D eigenvalue weighted by Gasteiger charge is 2.19. The minimum Gasteiger partial charge on any atom is -0.383 e. The SMILES string of the molecule is CSC(=O)NCc1c(N)nc(-n2nc(Cc3cc(F)cc(F)c3F)c3ccccc32)nc1N. The molecule has 0 atom stereocenters. The van der Waals surface area contributed by atoms with Gasteiger partial charge in [0.2, 0.25) is 0 Å². The van der Waals surface area contributed by atoms with Gasteiger partial charge in [-0.05, 0) is 24.0 Å².